The molecule has 0 amide bonds. The minimum absolute atomic E-state index is 0.194. The van der Waals surface area contributed by atoms with Gasteiger partial charge in [0.2, 0.25) is 0 Å². The molecule has 0 radical (unpaired) electrons. The number of nitrogens with zero attached hydrogens (tertiary/aromatic N) is 2. The van der Waals surface area contributed by atoms with Crippen LogP contribution in [0.3, 0.4) is 0 Å². The summed E-state index contributed by atoms with van der Waals surface area (Å²) in [5, 5.41) is 0. The Morgan fingerprint density at radius 2 is 1.35 bits per heavy atom. The lowest BCUT2D eigenvalue weighted by molar-refractivity contribution is 0.212. The highest BCUT2D eigenvalue weighted by Gasteiger charge is 2.50. The zero-order valence-electron chi connectivity index (χ0n) is 13.1. The van der Waals surface area contributed by atoms with Crippen LogP contribution >= 0.6 is 8.46 Å². The first-order valence-corrected chi connectivity index (χ1v) is 9.46. The van der Waals surface area contributed by atoms with Gasteiger partial charge in [-0.05, 0) is 11.1 Å². The molecule has 2 aromatic rings. The molecular formula is C19H22N2OP+. The lowest BCUT2D eigenvalue weighted by Gasteiger charge is -2.20. The average molecular weight is 325 g/mol. The Morgan fingerprint density at radius 1 is 0.870 bits per heavy atom. The Kier molecular flexibility index (Phi) is 4.26. The third-order valence-corrected chi connectivity index (χ3v) is 5.43. The maximum atomic E-state index is 11.0. The second kappa shape index (κ2) is 6.52. The van der Waals surface area contributed by atoms with E-state index in [0.717, 1.165) is 25.7 Å². The van der Waals surface area contributed by atoms with Crippen molar-refractivity contribution in [2.24, 2.45) is 0 Å². The van der Waals surface area contributed by atoms with Crippen LogP contribution in [0, 0.1) is 0 Å². The van der Waals surface area contributed by atoms with E-state index in [0.29, 0.717) is 18.2 Å². The monoisotopic (exact) mass is 325 g/mol. The number of benzene rings is 2. The van der Waals surface area contributed by atoms with Crippen LogP contribution in [0.1, 0.15) is 29.6 Å². The van der Waals surface area contributed by atoms with Gasteiger partial charge in [0.25, 0.3) is 0 Å². The van der Waals surface area contributed by atoms with Crippen molar-refractivity contribution in [3.63, 3.8) is 0 Å². The minimum Gasteiger partial charge on any atom is -0.277 e. The molecule has 2 saturated heterocycles. The molecule has 2 heterocycles. The van der Waals surface area contributed by atoms with Crippen LogP contribution in [-0.2, 0) is 4.57 Å². The molecule has 0 bridgehead atoms. The van der Waals surface area contributed by atoms with Crippen molar-refractivity contribution in [3.05, 3.63) is 71.8 Å². The largest absolute Gasteiger partial charge is 0.324 e. The van der Waals surface area contributed by atoms with Gasteiger partial charge in [-0.15, -0.1) is 0 Å². The van der Waals surface area contributed by atoms with Crippen LogP contribution in [0.15, 0.2) is 60.7 Å². The first-order valence-electron chi connectivity index (χ1n) is 8.35. The Balaban J connectivity index is 1.46. The van der Waals surface area contributed by atoms with Gasteiger partial charge in [0, 0.05) is 31.6 Å². The highest BCUT2D eigenvalue weighted by Crippen LogP contribution is 2.46. The molecule has 23 heavy (non-hydrogen) atoms. The molecule has 2 aromatic carbocycles. The maximum Gasteiger partial charge on any atom is 0.324 e. The first kappa shape index (κ1) is 15.0. The molecule has 0 spiro atoms. The SMILES string of the molecule is O=[PH+]CCC(N1CC1c1ccccc1)N1CC1c1ccccc1. The van der Waals surface area contributed by atoms with Crippen molar-refractivity contribution >= 4 is 8.46 Å². The summed E-state index contributed by atoms with van der Waals surface area (Å²) in [5.74, 6) is 0. The van der Waals surface area contributed by atoms with Crippen molar-refractivity contribution in [1.29, 1.82) is 0 Å². The topological polar surface area (TPSA) is 23.1 Å². The molecule has 2 aliphatic heterocycles. The molecule has 5 unspecified atom stereocenters. The normalized spacial score (nSPS) is 30.1. The second-order valence-electron chi connectivity index (χ2n) is 6.41. The minimum atomic E-state index is -0.194. The van der Waals surface area contributed by atoms with Crippen molar-refractivity contribution in [2.45, 2.75) is 24.7 Å². The molecule has 2 fully saturated rings. The molecule has 118 valence electrons. The molecular weight excluding hydrogens is 303 g/mol. The van der Waals surface area contributed by atoms with Crippen LogP contribution in [0.2, 0.25) is 0 Å². The first-order chi connectivity index (χ1) is 11.4. The van der Waals surface area contributed by atoms with E-state index in [2.05, 4.69) is 70.5 Å². The Morgan fingerprint density at radius 3 is 1.78 bits per heavy atom. The van der Waals surface area contributed by atoms with Crippen molar-refractivity contribution in [1.82, 2.24) is 9.80 Å². The summed E-state index contributed by atoms with van der Waals surface area (Å²) in [5.41, 5.74) is 2.81. The Hall–Kier alpha value is -1.54. The number of rotatable bonds is 7. The maximum absolute atomic E-state index is 11.0. The van der Waals surface area contributed by atoms with E-state index >= 15 is 0 Å². The van der Waals surface area contributed by atoms with Crippen LogP contribution in [0.4, 0.5) is 0 Å². The van der Waals surface area contributed by atoms with Gasteiger partial charge in [0.05, 0.1) is 6.17 Å². The standard InChI is InChI=1S/C19H21N2OP/c22-23-12-11-19(20-13-17(20)15-7-3-1-4-8-15)21-14-18(21)16-9-5-2-6-10-16/h1-10,17-19H,11-14H2/p+1. The zero-order chi connectivity index (χ0) is 15.6. The van der Waals surface area contributed by atoms with E-state index in [1.165, 1.54) is 11.1 Å². The fourth-order valence-corrected chi connectivity index (χ4v) is 3.99. The van der Waals surface area contributed by atoms with Gasteiger partial charge >= 0.3 is 8.46 Å². The molecule has 0 N–H and O–H groups in total. The highest BCUT2D eigenvalue weighted by atomic mass is 31.1. The predicted octanol–water partition coefficient (Wildman–Crippen LogP) is 3.84. The molecule has 0 aliphatic carbocycles. The number of hydrogen-bond donors (Lipinski definition) is 0. The third kappa shape index (κ3) is 3.23. The average Bonchev–Trinajstić information content (AvgIpc) is 3.52. The molecule has 2 aliphatic rings. The molecule has 5 atom stereocenters. The third-order valence-electron chi connectivity index (χ3n) is 4.94. The number of hydrogen-bond acceptors (Lipinski definition) is 3. The summed E-state index contributed by atoms with van der Waals surface area (Å²) in [6.45, 7) is 2.24. The summed E-state index contributed by atoms with van der Waals surface area (Å²) in [7, 11) is -0.194. The molecule has 3 nitrogen and oxygen atoms in total. The van der Waals surface area contributed by atoms with Crippen molar-refractivity contribution < 1.29 is 4.57 Å². The van der Waals surface area contributed by atoms with Gasteiger partial charge in [-0.3, -0.25) is 9.80 Å². The van der Waals surface area contributed by atoms with Gasteiger partial charge in [-0.2, -0.15) is 0 Å². The summed E-state index contributed by atoms with van der Waals surface area (Å²) in [6.07, 6.45) is 2.21. The smallest absolute Gasteiger partial charge is 0.277 e. The lowest BCUT2D eigenvalue weighted by atomic mass is 10.1. The van der Waals surface area contributed by atoms with Crippen LogP contribution in [0.5, 0.6) is 0 Å². The summed E-state index contributed by atoms with van der Waals surface area (Å²) >= 11 is 0. The van der Waals surface area contributed by atoms with Crippen LogP contribution < -0.4 is 0 Å². The van der Waals surface area contributed by atoms with E-state index < -0.39 is 0 Å². The van der Waals surface area contributed by atoms with E-state index in [4.69, 9.17) is 0 Å². The lowest BCUT2D eigenvalue weighted by Crippen LogP contribution is -2.29. The van der Waals surface area contributed by atoms with E-state index in [1.54, 1.807) is 0 Å². The fraction of sp³-hybridized carbons (Fsp3) is 0.368. The molecule has 4 rings (SSSR count). The summed E-state index contributed by atoms with van der Waals surface area (Å²) in [4.78, 5) is 5.11. The predicted molar refractivity (Wildman–Crippen MR) is 94.1 cm³/mol. The molecule has 4 heteroatoms. The van der Waals surface area contributed by atoms with Crippen LogP contribution in [0.25, 0.3) is 0 Å². The van der Waals surface area contributed by atoms with E-state index in [1.807, 2.05) is 0 Å². The van der Waals surface area contributed by atoms with Gasteiger partial charge in [-0.25, -0.2) is 0 Å². The fourth-order valence-electron chi connectivity index (χ4n) is 3.62. The van der Waals surface area contributed by atoms with Gasteiger partial charge in [0.15, 0.2) is 0 Å². The zero-order valence-corrected chi connectivity index (χ0v) is 14.1. The molecule has 0 saturated carbocycles. The highest BCUT2D eigenvalue weighted by molar-refractivity contribution is 7.23. The van der Waals surface area contributed by atoms with E-state index in [9.17, 15) is 4.57 Å². The van der Waals surface area contributed by atoms with Gasteiger partial charge < -0.3 is 0 Å². The Labute approximate surface area is 139 Å². The van der Waals surface area contributed by atoms with Crippen molar-refractivity contribution in [3.8, 4) is 0 Å². The van der Waals surface area contributed by atoms with E-state index in [-0.39, 0.29) is 8.46 Å². The summed E-state index contributed by atoms with van der Waals surface area (Å²) in [6, 6.07) is 22.5. The van der Waals surface area contributed by atoms with Gasteiger partial charge in [0.1, 0.15) is 6.16 Å². The Bertz CT molecular complexity index is 610. The quantitative estimate of drug-likeness (QED) is 0.571. The molecule has 0 aromatic heterocycles. The second-order valence-corrected chi connectivity index (χ2v) is 7.20. The van der Waals surface area contributed by atoms with Crippen LogP contribution in [-0.4, -0.2) is 35.2 Å². The summed E-state index contributed by atoms with van der Waals surface area (Å²) < 4.78 is 11.0. The van der Waals surface area contributed by atoms with Crippen molar-refractivity contribution in [2.75, 3.05) is 19.3 Å². The van der Waals surface area contributed by atoms with Gasteiger partial charge in [-0.1, -0.05) is 65.2 Å².